The van der Waals surface area contributed by atoms with Gasteiger partial charge in [-0.1, -0.05) is 6.07 Å². The molecule has 3 aromatic rings. The molecule has 0 aliphatic carbocycles. The molecule has 4 rings (SSSR count). The Kier molecular flexibility index (Phi) is 6.79. The van der Waals surface area contributed by atoms with E-state index >= 15 is 0 Å². The third kappa shape index (κ3) is 5.44. The van der Waals surface area contributed by atoms with Crippen molar-refractivity contribution in [3.05, 3.63) is 57.0 Å². The molecule has 1 fully saturated rings. The molecule has 0 saturated carbocycles. The summed E-state index contributed by atoms with van der Waals surface area (Å²) < 4.78 is 28.4. The first-order valence-corrected chi connectivity index (χ1v) is 13.1. The van der Waals surface area contributed by atoms with Crippen molar-refractivity contribution in [1.82, 2.24) is 19.8 Å². The molecule has 0 spiro atoms. The lowest BCUT2D eigenvalue weighted by Crippen LogP contribution is -2.39. The van der Waals surface area contributed by atoms with E-state index in [-0.39, 0.29) is 9.77 Å². The molecule has 0 bridgehead atoms. The van der Waals surface area contributed by atoms with Crippen molar-refractivity contribution in [1.29, 1.82) is 0 Å². The number of aromatic nitrogens is 2. The number of hydrogen-bond donors (Lipinski definition) is 2. The van der Waals surface area contributed by atoms with Crippen molar-refractivity contribution >= 4 is 32.7 Å². The SMILES string of the molecule is O=c1ccc(-c2ccc(S(=O)(=O)NCC3CCN(CCc4cccs4)CC3)s2)n[nH]1. The van der Waals surface area contributed by atoms with Crippen molar-refractivity contribution in [2.24, 2.45) is 5.92 Å². The molecule has 0 aromatic carbocycles. The van der Waals surface area contributed by atoms with Gasteiger partial charge in [-0.2, -0.15) is 5.10 Å². The first-order chi connectivity index (χ1) is 14.5. The lowest BCUT2D eigenvalue weighted by atomic mass is 9.97. The number of likely N-dealkylation sites (tertiary alicyclic amines) is 1. The van der Waals surface area contributed by atoms with E-state index in [9.17, 15) is 13.2 Å². The van der Waals surface area contributed by atoms with E-state index < -0.39 is 10.0 Å². The van der Waals surface area contributed by atoms with Crippen LogP contribution in [0.5, 0.6) is 0 Å². The summed E-state index contributed by atoms with van der Waals surface area (Å²) in [7, 11) is -3.55. The largest absolute Gasteiger partial charge is 0.303 e. The molecule has 30 heavy (non-hydrogen) atoms. The smallest absolute Gasteiger partial charge is 0.264 e. The molecule has 0 radical (unpaired) electrons. The normalized spacial score (nSPS) is 16.1. The highest BCUT2D eigenvalue weighted by atomic mass is 32.2. The highest BCUT2D eigenvalue weighted by molar-refractivity contribution is 7.91. The van der Waals surface area contributed by atoms with Crippen molar-refractivity contribution < 1.29 is 8.42 Å². The second kappa shape index (κ2) is 9.52. The van der Waals surface area contributed by atoms with Crippen molar-refractivity contribution in [2.45, 2.75) is 23.5 Å². The van der Waals surface area contributed by atoms with Gasteiger partial charge in [-0.3, -0.25) is 4.79 Å². The minimum atomic E-state index is -3.55. The highest BCUT2D eigenvalue weighted by Gasteiger charge is 2.23. The number of nitrogens with one attached hydrogen (secondary N) is 2. The fourth-order valence-corrected chi connectivity index (χ4v) is 6.65. The molecular weight excluding hydrogens is 440 g/mol. The number of piperidine rings is 1. The number of H-pyrrole nitrogens is 1. The standard InChI is InChI=1S/C20H24N4O3S3/c25-19-5-3-17(22-23-19)18-4-6-20(29-18)30(26,27)21-14-15-7-10-24(11-8-15)12-9-16-2-1-13-28-16/h1-6,13,15,21H,7-12,14H2,(H,23,25). The van der Waals surface area contributed by atoms with Gasteiger partial charge in [-0.05, 0) is 67.9 Å². The van der Waals surface area contributed by atoms with Crippen molar-refractivity contribution in [3.8, 4) is 10.6 Å². The molecule has 1 saturated heterocycles. The van der Waals surface area contributed by atoms with E-state index in [1.54, 1.807) is 29.5 Å². The third-order valence-corrected chi connectivity index (χ3v) is 9.26. The van der Waals surface area contributed by atoms with Gasteiger partial charge < -0.3 is 4.90 Å². The monoisotopic (exact) mass is 464 g/mol. The Labute approximate surface area is 183 Å². The van der Waals surface area contributed by atoms with Crippen LogP contribution in [0.4, 0.5) is 0 Å². The van der Waals surface area contributed by atoms with Gasteiger partial charge in [0.15, 0.2) is 0 Å². The van der Waals surface area contributed by atoms with Gasteiger partial charge in [0, 0.05) is 24.0 Å². The van der Waals surface area contributed by atoms with Crippen LogP contribution in [0.3, 0.4) is 0 Å². The van der Waals surface area contributed by atoms with Gasteiger partial charge >= 0.3 is 0 Å². The molecule has 3 aromatic heterocycles. The molecule has 7 nitrogen and oxygen atoms in total. The Bertz CT molecular complexity index is 1090. The van der Waals surface area contributed by atoms with Gasteiger partial charge in [0.25, 0.3) is 5.56 Å². The maximum atomic E-state index is 12.7. The molecular formula is C20H24N4O3S3. The lowest BCUT2D eigenvalue weighted by molar-refractivity contribution is 0.188. The van der Waals surface area contributed by atoms with E-state index in [4.69, 9.17) is 0 Å². The lowest BCUT2D eigenvalue weighted by Gasteiger charge is -2.31. The predicted molar refractivity (Wildman–Crippen MR) is 121 cm³/mol. The van der Waals surface area contributed by atoms with E-state index in [1.165, 1.54) is 10.9 Å². The number of aromatic amines is 1. The number of rotatable bonds is 8. The maximum Gasteiger partial charge on any atom is 0.264 e. The summed E-state index contributed by atoms with van der Waals surface area (Å²) in [6.07, 6.45) is 3.09. The van der Waals surface area contributed by atoms with E-state index in [0.29, 0.717) is 23.0 Å². The Morgan fingerprint density at radius 3 is 2.70 bits per heavy atom. The molecule has 2 N–H and O–H groups in total. The first-order valence-electron chi connectivity index (χ1n) is 9.90. The van der Waals surface area contributed by atoms with E-state index in [2.05, 4.69) is 37.3 Å². The van der Waals surface area contributed by atoms with Crippen LogP contribution in [0, 0.1) is 5.92 Å². The maximum absolute atomic E-state index is 12.7. The summed E-state index contributed by atoms with van der Waals surface area (Å²) in [5.74, 6) is 0.359. The van der Waals surface area contributed by atoms with Crippen LogP contribution in [0.25, 0.3) is 10.6 Å². The topological polar surface area (TPSA) is 95.2 Å². The minimum absolute atomic E-state index is 0.263. The van der Waals surface area contributed by atoms with Crippen LogP contribution >= 0.6 is 22.7 Å². The van der Waals surface area contributed by atoms with Crippen LogP contribution < -0.4 is 10.3 Å². The number of thiophene rings is 2. The van der Waals surface area contributed by atoms with Crippen molar-refractivity contribution in [2.75, 3.05) is 26.2 Å². The van der Waals surface area contributed by atoms with Gasteiger partial charge in [-0.25, -0.2) is 18.2 Å². The van der Waals surface area contributed by atoms with E-state index in [1.807, 2.05) is 0 Å². The molecule has 1 aliphatic rings. The summed E-state index contributed by atoms with van der Waals surface area (Å²) in [6.45, 7) is 3.55. The number of nitrogens with zero attached hydrogens (tertiary/aromatic N) is 2. The van der Waals surface area contributed by atoms with Crippen LogP contribution in [0.1, 0.15) is 17.7 Å². The van der Waals surface area contributed by atoms with Gasteiger partial charge in [0.1, 0.15) is 9.90 Å². The van der Waals surface area contributed by atoms with Crippen LogP contribution in [-0.4, -0.2) is 49.7 Å². The molecule has 10 heteroatoms. The van der Waals surface area contributed by atoms with Gasteiger partial charge in [0.2, 0.25) is 10.0 Å². The molecule has 0 unspecified atom stereocenters. The van der Waals surface area contributed by atoms with Crippen LogP contribution in [0.15, 0.2) is 50.8 Å². The molecule has 0 atom stereocenters. The average Bonchev–Trinajstić information content (AvgIpc) is 3.45. The zero-order chi connectivity index (χ0) is 21.0. The van der Waals surface area contributed by atoms with Gasteiger partial charge in [0.05, 0.1) is 4.88 Å². The van der Waals surface area contributed by atoms with Crippen LogP contribution in [0.2, 0.25) is 0 Å². The summed E-state index contributed by atoms with van der Waals surface area (Å²) in [4.78, 5) is 15.7. The summed E-state index contributed by atoms with van der Waals surface area (Å²) >= 11 is 2.95. The Balaban J connectivity index is 1.26. The molecule has 160 valence electrons. The Hall–Kier alpha value is -1.85. The van der Waals surface area contributed by atoms with Crippen LogP contribution in [-0.2, 0) is 16.4 Å². The predicted octanol–water partition coefficient (Wildman–Crippen LogP) is 2.79. The molecule has 4 heterocycles. The second-order valence-corrected chi connectivity index (χ2v) is 11.5. The zero-order valence-electron chi connectivity index (χ0n) is 16.4. The summed E-state index contributed by atoms with van der Waals surface area (Å²) in [5.41, 5.74) is 0.262. The molecule has 1 aliphatic heterocycles. The zero-order valence-corrected chi connectivity index (χ0v) is 18.9. The minimum Gasteiger partial charge on any atom is -0.303 e. The summed E-state index contributed by atoms with van der Waals surface area (Å²) in [6, 6.07) is 10.5. The molecule has 0 amide bonds. The van der Waals surface area contributed by atoms with Crippen molar-refractivity contribution in [3.63, 3.8) is 0 Å². The Morgan fingerprint density at radius 1 is 1.17 bits per heavy atom. The number of sulfonamides is 1. The quantitative estimate of drug-likeness (QED) is 0.535. The number of hydrogen-bond acceptors (Lipinski definition) is 7. The average molecular weight is 465 g/mol. The fourth-order valence-electron chi connectivity index (χ4n) is 3.52. The summed E-state index contributed by atoms with van der Waals surface area (Å²) in [5, 5.41) is 8.44. The Morgan fingerprint density at radius 2 is 2.00 bits per heavy atom. The fraction of sp³-hybridized carbons (Fsp3) is 0.400. The highest BCUT2D eigenvalue weighted by Crippen LogP contribution is 2.29. The van der Waals surface area contributed by atoms with E-state index in [0.717, 1.165) is 50.2 Å². The van der Waals surface area contributed by atoms with Gasteiger partial charge in [-0.15, -0.1) is 22.7 Å². The second-order valence-electron chi connectivity index (χ2n) is 7.39. The first kappa shape index (κ1) is 21.4. The third-order valence-electron chi connectivity index (χ3n) is 5.30.